The summed E-state index contributed by atoms with van der Waals surface area (Å²) in [4.78, 5) is 0. The van der Waals surface area contributed by atoms with Crippen molar-refractivity contribution in [2.45, 2.75) is 12.3 Å². The Morgan fingerprint density at radius 3 is 2.85 bits per heavy atom. The average molecular weight is 172 g/mol. The standard InChI is InChI=1S/C11H12N2/c12-6-8-3-1-2-4-10(8)11-5-9(11)7-13/h1-4,9,11H,5,7,13H2/t9-,11+/m0/s1. The van der Waals surface area contributed by atoms with E-state index in [0.29, 0.717) is 11.8 Å². The van der Waals surface area contributed by atoms with Gasteiger partial charge < -0.3 is 5.73 Å². The second kappa shape index (κ2) is 3.20. The van der Waals surface area contributed by atoms with E-state index in [4.69, 9.17) is 11.0 Å². The smallest absolute Gasteiger partial charge is 0.0994 e. The Morgan fingerprint density at radius 2 is 2.23 bits per heavy atom. The van der Waals surface area contributed by atoms with E-state index >= 15 is 0 Å². The molecule has 0 aromatic heterocycles. The molecule has 0 aliphatic heterocycles. The summed E-state index contributed by atoms with van der Waals surface area (Å²) in [7, 11) is 0. The predicted molar refractivity (Wildman–Crippen MR) is 51.1 cm³/mol. The van der Waals surface area contributed by atoms with Crippen LogP contribution in [0.15, 0.2) is 24.3 Å². The first-order valence-corrected chi connectivity index (χ1v) is 4.56. The number of nitriles is 1. The average Bonchev–Trinajstić information content (AvgIpc) is 2.96. The molecule has 1 aliphatic rings. The zero-order chi connectivity index (χ0) is 9.26. The molecule has 1 saturated carbocycles. The first-order chi connectivity index (χ1) is 6.36. The third kappa shape index (κ3) is 1.43. The zero-order valence-corrected chi connectivity index (χ0v) is 7.40. The van der Waals surface area contributed by atoms with Gasteiger partial charge in [0.1, 0.15) is 0 Å². The van der Waals surface area contributed by atoms with Crippen molar-refractivity contribution in [3.8, 4) is 6.07 Å². The number of rotatable bonds is 2. The maximum absolute atomic E-state index is 8.87. The van der Waals surface area contributed by atoms with E-state index in [2.05, 4.69) is 6.07 Å². The van der Waals surface area contributed by atoms with Gasteiger partial charge in [0.15, 0.2) is 0 Å². The van der Waals surface area contributed by atoms with Gasteiger partial charge in [0.2, 0.25) is 0 Å². The van der Waals surface area contributed by atoms with Crippen LogP contribution in [0.25, 0.3) is 0 Å². The monoisotopic (exact) mass is 172 g/mol. The molecule has 2 heteroatoms. The molecule has 0 saturated heterocycles. The van der Waals surface area contributed by atoms with Crippen molar-refractivity contribution >= 4 is 0 Å². The lowest BCUT2D eigenvalue weighted by molar-refractivity contribution is 0.809. The number of hydrogen-bond donors (Lipinski definition) is 1. The van der Waals surface area contributed by atoms with Gasteiger partial charge in [-0.1, -0.05) is 18.2 Å². The molecule has 0 amide bonds. The fourth-order valence-electron chi connectivity index (χ4n) is 1.81. The fraction of sp³-hybridized carbons (Fsp3) is 0.364. The Kier molecular flexibility index (Phi) is 2.03. The third-order valence-corrected chi connectivity index (χ3v) is 2.71. The van der Waals surface area contributed by atoms with Crippen molar-refractivity contribution in [2.24, 2.45) is 11.7 Å². The van der Waals surface area contributed by atoms with E-state index in [9.17, 15) is 0 Å². The van der Waals surface area contributed by atoms with E-state index in [0.717, 1.165) is 18.5 Å². The van der Waals surface area contributed by atoms with Gasteiger partial charge in [-0.3, -0.25) is 0 Å². The van der Waals surface area contributed by atoms with Crippen molar-refractivity contribution in [1.82, 2.24) is 0 Å². The zero-order valence-electron chi connectivity index (χ0n) is 7.40. The van der Waals surface area contributed by atoms with Crippen LogP contribution < -0.4 is 5.73 Å². The van der Waals surface area contributed by atoms with E-state index in [1.165, 1.54) is 5.56 Å². The minimum Gasteiger partial charge on any atom is -0.330 e. The van der Waals surface area contributed by atoms with Crippen LogP contribution in [0.4, 0.5) is 0 Å². The molecule has 2 rings (SSSR count). The van der Waals surface area contributed by atoms with Gasteiger partial charge in [0, 0.05) is 0 Å². The first kappa shape index (κ1) is 8.28. The van der Waals surface area contributed by atoms with E-state index < -0.39 is 0 Å². The van der Waals surface area contributed by atoms with Crippen LogP contribution in [-0.4, -0.2) is 6.54 Å². The minimum atomic E-state index is 0.542. The summed E-state index contributed by atoms with van der Waals surface area (Å²) < 4.78 is 0. The maximum Gasteiger partial charge on any atom is 0.0994 e. The van der Waals surface area contributed by atoms with Gasteiger partial charge in [0.05, 0.1) is 11.6 Å². The Labute approximate surface area is 78.0 Å². The molecule has 66 valence electrons. The third-order valence-electron chi connectivity index (χ3n) is 2.71. The molecular formula is C11H12N2. The SMILES string of the molecule is N#Cc1ccccc1[C@@H]1C[C@H]1CN. The summed E-state index contributed by atoms with van der Waals surface area (Å²) in [6, 6.07) is 10.0. The maximum atomic E-state index is 8.87. The molecule has 2 nitrogen and oxygen atoms in total. The molecule has 13 heavy (non-hydrogen) atoms. The van der Waals surface area contributed by atoms with Gasteiger partial charge in [-0.2, -0.15) is 5.26 Å². The number of nitrogens with zero attached hydrogens (tertiary/aromatic N) is 1. The summed E-state index contributed by atoms with van der Waals surface area (Å²) in [5, 5.41) is 8.87. The van der Waals surface area contributed by atoms with Crippen LogP contribution in [0.2, 0.25) is 0 Å². The van der Waals surface area contributed by atoms with Crippen LogP contribution in [-0.2, 0) is 0 Å². The Balaban J connectivity index is 2.27. The Morgan fingerprint density at radius 1 is 1.46 bits per heavy atom. The highest BCUT2D eigenvalue weighted by Gasteiger charge is 2.37. The quantitative estimate of drug-likeness (QED) is 0.737. The number of benzene rings is 1. The van der Waals surface area contributed by atoms with Crippen LogP contribution in [0, 0.1) is 17.2 Å². The largest absolute Gasteiger partial charge is 0.330 e. The lowest BCUT2D eigenvalue weighted by Gasteiger charge is -2.00. The van der Waals surface area contributed by atoms with Crippen LogP contribution >= 0.6 is 0 Å². The lowest BCUT2D eigenvalue weighted by Crippen LogP contribution is -2.02. The molecule has 1 aromatic carbocycles. The van der Waals surface area contributed by atoms with Crippen LogP contribution in [0.3, 0.4) is 0 Å². The van der Waals surface area contributed by atoms with Crippen molar-refractivity contribution in [1.29, 1.82) is 5.26 Å². The molecule has 0 bridgehead atoms. The highest BCUT2D eigenvalue weighted by molar-refractivity contribution is 5.42. The van der Waals surface area contributed by atoms with E-state index in [-0.39, 0.29) is 0 Å². The second-order valence-electron chi connectivity index (χ2n) is 3.54. The van der Waals surface area contributed by atoms with Crippen molar-refractivity contribution in [3.05, 3.63) is 35.4 Å². The van der Waals surface area contributed by atoms with E-state index in [1.54, 1.807) is 0 Å². The molecular weight excluding hydrogens is 160 g/mol. The highest BCUT2D eigenvalue weighted by Crippen LogP contribution is 2.47. The van der Waals surface area contributed by atoms with Gasteiger partial charge in [-0.25, -0.2) is 0 Å². The molecule has 1 aliphatic carbocycles. The fourth-order valence-corrected chi connectivity index (χ4v) is 1.81. The second-order valence-corrected chi connectivity index (χ2v) is 3.54. The number of hydrogen-bond acceptors (Lipinski definition) is 2. The summed E-state index contributed by atoms with van der Waals surface area (Å²) >= 11 is 0. The summed E-state index contributed by atoms with van der Waals surface area (Å²) in [5.41, 5.74) is 7.56. The topological polar surface area (TPSA) is 49.8 Å². The molecule has 0 radical (unpaired) electrons. The van der Waals surface area contributed by atoms with Crippen LogP contribution in [0.1, 0.15) is 23.5 Å². The van der Waals surface area contributed by atoms with Crippen molar-refractivity contribution in [3.63, 3.8) is 0 Å². The Hall–Kier alpha value is -1.33. The van der Waals surface area contributed by atoms with Gasteiger partial charge in [0.25, 0.3) is 0 Å². The molecule has 1 aromatic rings. The molecule has 0 heterocycles. The Bertz CT molecular complexity index is 351. The van der Waals surface area contributed by atoms with Crippen LogP contribution in [0.5, 0.6) is 0 Å². The number of nitrogens with two attached hydrogens (primary N) is 1. The predicted octanol–water partition coefficient (Wildman–Crippen LogP) is 1.62. The van der Waals surface area contributed by atoms with Gasteiger partial charge in [-0.05, 0) is 36.4 Å². The minimum absolute atomic E-state index is 0.542. The van der Waals surface area contributed by atoms with Crippen molar-refractivity contribution < 1.29 is 0 Å². The van der Waals surface area contributed by atoms with E-state index in [1.807, 2.05) is 24.3 Å². The molecule has 1 fully saturated rings. The molecule has 2 N–H and O–H groups in total. The van der Waals surface area contributed by atoms with Crippen molar-refractivity contribution in [2.75, 3.05) is 6.54 Å². The normalized spacial score (nSPS) is 25.2. The summed E-state index contributed by atoms with van der Waals surface area (Å²) in [5.74, 6) is 1.15. The summed E-state index contributed by atoms with van der Waals surface area (Å²) in [6.45, 7) is 0.741. The lowest BCUT2D eigenvalue weighted by atomic mass is 10.0. The summed E-state index contributed by atoms with van der Waals surface area (Å²) in [6.07, 6.45) is 1.15. The van der Waals surface area contributed by atoms with Gasteiger partial charge in [-0.15, -0.1) is 0 Å². The molecule has 0 spiro atoms. The molecule has 0 unspecified atom stereocenters. The highest BCUT2D eigenvalue weighted by atomic mass is 14.6. The molecule has 2 atom stereocenters. The first-order valence-electron chi connectivity index (χ1n) is 4.56. The van der Waals surface area contributed by atoms with Gasteiger partial charge >= 0.3 is 0 Å².